The number of aliphatic hydroxyl groups is 1. The van der Waals surface area contributed by atoms with Gasteiger partial charge in [0.15, 0.2) is 0 Å². The summed E-state index contributed by atoms with van der Waals surface area (Å²) < 4.78 is 0. The third kappa shape index (κ3) is 4.12. The maximum absolute atomic E-state index is 12.6. The molecule has 0 unspecified atom stereocenters. The number of aliphatic hydroxyl groups excluding tert-OH is 1. The second kappa shape index (κ2) is 8.09. The highest BCUT2D eigenvalue weighted by Gasteiger charge is 2.34. The number of carboxylic acids is 1. The molecule has 0 saturated carbocycles. The number of carboxylic acid groups (broad SMARTS) is 1. The van der Waals surface area contributed by atoms with Crippen LogP contribution in [0.2, 0.25) is 0 Å². The molecule has 28 heavy (non-hydrogen) atoms. The van der Waals surface area contributed by atoms with Crippen LogP contribution in [0.4, 0.5) is 0 Å². The van der Waals surface area contributed by atoms with E-state index in [1.54, 1.807) is 6.20 Å². The molecule has 1 aliphatic heterocycles. The molecule has 2 heterocycles. The number of aromatic amines is 1. The van der Waals surface area contributed by atoms with Crippen LogP contribution < -0.4 is 16.0 Å². The number of fused-ring (bicyclic) bond motifs is 1. The maximum Gasteiger partial charge on any atom is 0.305 e. The number of nitrogens with one attached hydrogen (secondary N) is 4. The Morgan fingerprint density at radius 2 is 1.54 bits per heavy atom. The maximum atomic E-state index is 12.6. The lowest BCUT2D eigenvalue weighted by atomic mass is 10.0. The molecule has 0 bridgehead atoms. The first-order chi connectivity index (χ1) is 13.4. The summed E-state index contributed by atoms with van der Waals surface area (Å²) in [5.41, 5.74) is 1.63. The van der Waals surface area contributed by atoms with Crippen LogP contribution in [-0.2, 0) is 25.6 Å². The number of H-pyrrole nitrogens is 1. The first kappa shape index (κ1) is 19.4. The molecule has 1 fully saturated rings. The third-order valence-corrected chi connectivity index (χ3v) is 4.56. The number of benzene rings is 1. The molecular weight excluding hydrogens is 368 g/mol. The van der Waals surface area contributed by atoms with Gasteiger partial charge < -0.3 is 31.1 Å². The fourth-order valence-electron chi connectivity index (χ4n) is 3.12. The Balaban J connectivity index is 1.90. The lowest BCUT2D eigenvalue weighted by Crippen LogP contribution is -2.52. The molecule has 1 aromatic carbocycles. The van der Waals surface area contributed by atoms with Crippen LogP contribution in [0.15, 0.2) is 30.5 Å². The van der Waals surface area contributed by atoms with E-state index < -0.39 is 54.8 Å². The van der Waals surface area contributed by atoms with Crippen molar-refractivity contribution in [2.75, 3.05) is 6.61 Å². The number of para-hydroxylation sites is 1. The first-order valence-electron chi connectivity index (χ1n) is 8.67. The quantitative estimate of drug-likeness (QED) is 0.371. The number of aromatic nitrogens is 1. The van der Waals surface area contributed by atoms with Crippen LogP contribution in [0.25, 0.3) is 10.9 Å². The largest absolute Gasteiger partial charge is 0.481 e. The fourth-order valence-corrected chi connectivity index (χ4v) is 3.12. The highest BCUT2D eigenvalue weighted by Crippen LogP contribution is 2.19. The summed E-state index contributed by atoms with van der Waals surface area (Å²) in [5.74, 6) is -3.55. The van der Waals surface area contributed by atoms with Crippen molar-refractivity contribution < 1.29 is 29.4 Å². The Hall–Kier alpha value is -3.40. The molecule has 3 amide bonds. The second-order valence-corrected chi connectivity index (χ2v) is 6.53. The molecule has 3 rings (SSSR count). The highest BCUT2D eigenvalue weighted by atomic mass is 16.4. The van der Waals surface area contributed by atoms with Crippen molar-refractivity contribution in [3.63, 3.8) is 0 Å². The smallest absolute Gasteiger partial charge is 0.305 e. The average molecular weight is 388 g/mol. The van der Waals surface area contributed by atoms with Gasteiger partial charge in [-0.15, -0.1) is 0 Å². The predicted octanol–water partition coefficient (Wildman–Crippen LogP) is -1.35. The topological polar surface area (TPSA) is 161 Å². The van der Waals surface area contributed by atoms with E-state index in [2.05, 4.69) is 20.9 Å². The van der Waals surface area contributed by atoms with Gasteiger partial charge in [-0.2, -0.15) is 0 Å². The zero-order valence-electron chi connectivity index (χ0n) is 14.8. The van der Waals surface area contributed by atoms with Crippen LogP contribution in [-0.4, -0.2) is 63.6 Å². The predicted molar refractivity (Wildman–Crippen MR) is 97.1 cm³/mol. The van der Waals surface area contributed by atoms with Gasteiger partial charge in [-0.1, -0.05) is 18.2 Å². The number of carbonyl (C=O) groups is 4. The van der Waals surface area contributed by atoms with E-state index in [1.807, 2.05) is 24.3 Å². The van der Waals surface area contributed by atoms with E-state index >= 15 is 0 Å². The first-order valence-corrected chi connectivity index (χ1v) is 8.67. The van der Waals surface area contributed by atoms with Gasteiger partial charge in [0.2, 0.25) is 17.7 Å². The molecule has 6 N–H and O–H groups in total. The second-order valence-electron chi connectivity index (χ2n) is 6.53. The zero-order chi connectivity index (χ0) is 20.3. The van der Waals surface area contributed by atoms with E-state index in [1.165, 1.54) is 0 Å². The number of aliphatic carboxylic acids is 1. The van der Waals surface area contributed by atoms with Crippen LogP contribution >= 0.6 is 0 Å². The Bertz CT molecular complexity index is 924. The van der Waals surface area contributed by atoms with Crippen LogP contribution in [0.1, 0.15) is 12.0 Å². The molecule has 2 aromatic rings. The van der Waals surface area contributed by atoms with Crippen LogP contribution in [0, 0.1) is 0 Å². The van der Waals surface area contributed by atoms with E-state index in [0.29, 0.717) is 0 Å². The van der Waals surface area contributed by atoms with Crippen LogP contribution in [0.3, 0.4) is 0 Å². The molecule has 1 saturated heterocycles. The minimum absolute atomic E-state index is 0.119. The molecule has 0 radical (unpaired) electrons. The summed E-state index contributed by atoms with van der Waals surface area (Å²) in [6, 6.07) is 3.73. The molecule has 1 aliphatic rings. The standard InChI is InChI=1S/C18H20N4O6/c23-8-14-18(28)21-13(6-15(24)25)17(27)20-12(16(26)22-14)5-9-7-19-11-4-2-1-3-10(9)11/h1-4,7,12-14,19,23H,5-6,8H2,(H,20,27)(H,21,28)(H,22,26)(H,24,25)/t12-,13-,14-/m0/s1. The summed E-state index contributed by atoms with van der Waals surface area (Å²) in [6.45, 7) is -0.689. The van der Waals surface area contributed by atoms with Gasteiger partial charge >= 0.3 is 5.97 Å². The van der Waals surface area contributed by atoms with Crippen molar-refractivity contribution in [3.8, 4) is 0 Å². The van der Waals surface area contributed by atoms with Crippen molar-refractivity contribution in [2.24, 2.45) is 0 Å². The lowest BCUT2D eigenvalue weighted by Gasteiger charge is -2.19. The number of hydrogen-bond acceptors (Lipinski definition) is 5. The molecule has 0 aliphatic carbocycles. The van der Waals surface area contributed by atoms with E-state index in [9.17, 15) is 24.3 Å². The number of carbonyl (C=O) groups excluding carboxylic acids is 3. The summed E-state index contributed by atoms with van der Waals surface area (Å²) >= 11 is 0. The summed E-state index contributed by atoms with van der Waals surface area (Å²) in [5, 5.41) is 26.4. The van der Waals surface area contributed by atoms with Gasteiger partial charge in [0.1, 0.15) is 18.1 Å². The average Bonchev–Trinajstić information content (AvgIpc) is 3.07. The Morgan fingerprint density at radius 3 is 2.25 bits per heavy atom. The van der Waals surface area contributed by atoms with Crippen molar-refractivity contribution in [3.05, 3.63) is 36.0 Å². The summed E-state index contributed by atoms with van der Waals surface area (Å²) in [4.78, 5) is 51.4. The Morgan fingerprint density at radius 1 is 0.929 bits per heavy atom. The Kier molecular flexibility index (Phi) is 5.59. The molecule has 1 aromatic heterocycles. The van der Waals surface area contributed by atoms with Gasteiger partial charge in [0.25, 0.3) is 0 Å². The van der Waals surface area contributed by atoms with Crippen LogP contribution in [0.5, 0.6) is 0 Å². The van der Waals surface area contributed by atoms with E-state index in [4.69, 9.17) is 5.11 Å². The minimum atomic E-state index is -1.36. The van der Waals surface area contributed by atoms with Crippen molar-refractivity contribution in [1.82, 2.24) is 20.9 Å². The van der Waals surface area contributed by atoms with Gasteiger partial charge in [0, 0.05) is 23.5 Å². The van der Waals surface area contributed by atoms with E-state index in [-0.39, 0.29) is 6.42 Å². The minimum Gasteiger partial charge on any atom is -0.481 e. The Labute approximate surface area is 159 Å². The monoisotopic (exact) mass is 388 g/mol. The van der Waals surface area contributed by atoms with Crippen molar-refractivity contribution >= 4 is 34.6 Å². The highest BCUT2D eigenvalue weighted by molar-refractivity contribution is 5.98. The molecule has 3 atom stereocenters. The third-order valence-electron chi connectivity index (χ3n) is 4.56. The van der Waals surface area contributed by atoms with Gasteiger partial charge in [-0.25, -0.2) is 0 Å². The fraction of sp³-hybridized carbons (Fsp3) is 0.333. The van der Waals surface area contributed by atoms with E-state index in [0.717, 1.165) is 16.5 Å². The molecule has 0 spiro atoms. The van der Waals surface area contributed by atoms with Crippen molar-refractivity contribution in [1.29, 1.82) is 0 Å². The van der Waals surface area contributed by atoms with Gasteiger partial charge in [-0.05, 0) is 11.6 Å². The molecule has 10 nitrogen and oxygen atoms in total. The van der Waals surface area contributed by atoms with Gasteiger partial charge in [0.05, 0.1) is 13.0 Å². The lowest BCUT2D eigenvalue weighted by molar-refractivity contribution is -0.140. The normalized spacial score (nSPS) is 23.2. The summed E-state index contributed by atoms with van der Waals surface area (Å²) in [7, 11) is 0. The number of hydrogen-bond donors (Lipinski definition) is 6. The number of rotatable bonds is 5. The summed E-state index contributed by atoms with van der Waals surface area (Å²) in [6.07, 6.45) is 1.19. The zero-order valence-corrected chi connectivity index (χ0v) is 14.8. The molecule has 10 heteroatoms. The van der Waals surface area contributed by atoms with Gasteiger partial charge in [-0.3, -0.25) is 19.2 Å². The number of amides is 3. The van der Waals surface area contributed by atoms with Crippen molar-refractivity contribution in [2.45, 2.75) is 31.0 Å². The molecule has 148 valence electrons. The SMILES string of the molecule is O=C(O)C[C@@H]1NC(=O)[C@H](CO)NC(=O)[C@H](Cc2c[nH]c3ccccc23)NC1=O. The molecular formula is C18H20N4O6.